The average molecular weight is 236 g/mol. The van der Waals surface area contributed by atoms with E-state index in [4.69, 9.17) is 0 Å². The molecule has 16 heavy (non-hydrogen) atoms. The van der Waals surface area contributed by atoms with Gasteiger partial charge in [-0.15, -0.1) is 0 Å². The third-order valence-corrected chi connectivity index (χ3v) is 3.96. The highest BCUT2D eigenvalue weighted by molar-refractivity contribution is 7.91. The fourth-order valence-corrected chi connectivity index (χ4v) is 2.63. The lowest BCUT2D eigenvalue weighted by atomic mass is 10.4. The molecule has 0 spiro atoms. The molecule has 1 heterocycles. The van der Waals surface area contributed by atoms with E-state index in [1.165, 1.54) is 0 Å². The van der Waals surface area contributed by atoms with E-state index < -0.39 is 9.84 Å². The van der Waals surface area contributed by atoms with Crippen molar-refractivity contribution >= 4 is 9.84 Å². The van der Waals surface area contributed by atoms with Crippen molar-refractivity contribution < 1.29 is 8.42 Å². The highest BCUT2D eigenvalue weighted by Crippen LogP contribution is 2.10. The number of aromatic nitrogens is 2. The molecular weight excluding hydrogens is 224 g/mol. The van der Waals surface area contributed by atoms with E-state index in [1.807, 2.05) is 0 Å². The zero-order valence-corrected chi connectivity index (χ0v) is 9.47. The van der Waals surface area contributed by atoms with Gasteiger partial charge in [0.2, 0.25) is 0 Å². The second kappa shape index (κ2) is 4.49. The summed E-state index contributed by atoms with van der Waals surface area (Å²) in [5.74, 6) is 0.0681. The maximum atomic E-state index is 11.9. The Morgan fingerprint density at radius 2 is 1.88 bits per heavy atom. The molecule has 1 aromatic carbocycles. The van der Waals surface area contributed by atoms with Crippen LogP contribution in [-0.4, -0.2) is 24.0 Å². The number of benzene rings is 1. The van der Waals surface area contributed by atoms with Crippen molar-refractivity contribution in [3.05, 3.63) is 48.8 Å². The molecule has 1 aromatic heterocycles. The number of hydrogen-bond acceptors (Lipinski definition) is 3. The summed E-state index contributed by atoms with van der Waals surface area (Å²) in [6.07, 6.45) is 3.38. The van der Waals surface area contributed by atoms with Crippen LogP contribution in [0, 0.1) is 0 Å². The van der Waals surface area contributed by atoms with Crippen LogP contribution < -0.4 is 0 Å². The van der Waals surface area contributed by atoms with E-state index >= 15 is 0 Å². The molecule has 0 bridgehead atoms. The third-order valence-electron chi connectivity index (χ3n) is 2.25. The van der Waals surface area contributed by atoms with Crippen LogP contribution in [0.1, 0.15) is 0 Å². The van der Waals surface area contributed by atoms with Gasteiger partial charge in [0.05, 0.1) is 17.2 Å². The van der Waals surface area contributed by atoms with Crippen molar-refractivity contribution in [1.82, 2.24) is 9.78 Å². The van der Waals surface area contributed by atoms with Gasteiger partial charge < -0.3 is 0 Å². The minimum Gasteiger partial charge on any atom is -0.272 e. The van der Waals surface area contributed by atoms with Gasteiger partial charge in [-0.05, 0) is 18.2 Å². The lowest BCUT2D eigenvalue weighted by molar-refractivity contribution is 0.580. The van der Waals surface area contributed by atoms with Gasteiger partial charge in [-0.1, -0.05) is 18.2 Å². The normalized spacial score (nSPS) is 11.5. The van der Waals surface area contributed by atoms with E-state index in [9.17, 15) is 8.42 Å². The van der Waals surface area contributed by atoms with E-state index in [1.54, 1.807) is 53.5 Å². The minimum atomic E-state index is -3.20. The molecular formula is C11H12N2O2S. The number of nitrogens with zero attached hydrogens (tertiary/aromatic N) is 2. The molecule has 0 N–H and O–H groups in total. The second-order valence-electron chi connectivity index (χ2n) is 3.40. The summed E-state index contributed by atoms with van der Waals surface area (Å²) in [6.45, 7) is 0.379. The van der Waals surface area contributed by atoms with Gasteiger partial charge in [0.1, 0.15) is 0 Å². The maximum Gasteiger partial charge on any atom is 0.180 e. The van der Waals surface area contributed by atoms with Crippen LogP contribution in [0.4, 0.5) is 0 Å². The van der Waals surface area contributed by atoms with Crippen LogP contribution in [0.5, 0.6) is 0 Å². The second-order valence-corrected chi connectivity index (χ2v) is 5.51. The monoisotopic (exact) mass is 236 g/mol. The van der Waals surface area contributed by atoms with Gasteiger partial charge in [-0.2, -0.15) is 5.10 Å². The summed E-state index contributed by atoms with van der Waals surface area (Å²) in [5, 5.41) is 3.97. The minimum absolute atomic E-state index is 0.0681. The topological polar surface area (TPSA) is 52.0 Å². The molecule has 0 atom stereocenters. The number of hydrogen-bond donors (Lipinski definition) is 0. The van der Waals surface area contributed by atoms with Gasteiger partial charge in [0.25, 0.3) is 0 Å². The van der Waals surface area contributed by atoms with Crippen molar-refractivity contribution in [3.8, 4) is 0 Å². The van der Waals surface area contributed by atoms with Crippen LogP contribution in [0.25, 0.3) is 0 Å². The molecule has 0 aliphatic heterocycles. The molecule has 4 nitrogen and oxygen atoms in total. The molecule has 2 aromatic rings. The number of aryl methyl sites for hydroxylation is 1. The average Bonchev–Trinajstić information content (AvgIpc) is 2.81. The van der Waals surface area contributed by atoms with E-state index in [2.05, 4.69) is 5.10 Å². The number of rotatable bonds is 4. The third kappa shape index (κ3) is 2.49. The molecule has 5 heteroatoms. The van der Waals surface area contributed by atoms with Crippen LogP contribution >= 0.6 is 0 Å². The van der Waals surface area contributed by atoms with Gasteiger partial charge in [-0.25, -0.2) is 8.42 Å². The van der Waals surface area contributed by atoms with Gasteiger partial charge in [0, 0.05) is 12.4 Å². The molecule has 0 radical (unpaired) electrons. The van der Waals surface area contributed by atoms with Crippen LogP contribution in [0.3, 0.4) is 0 Å². The Labute approximate surface area is 94.5 Å². The summed E-state index contributed by atoms with van der Waals surface area (Å²) in [5.41, 5.74) is 0. The van der Waals surface area contributed by atoms with E-state index in [0.29, 0.717) is 11.4 Å². The first-order valence-corrected chi connectivity index (χ1v) is 6.59. The Morgan fingerprint density at radius 1 is 1.12 bits per heavy atom. The molecule has 0 unspecified atom stereocenters. The predicted octanol–water partition coefficient (Wildman–Crippen LogP) is 1.36. The Hall–Kier alpha value is -1.62. The summed E-state index contributed by atoms with van der Waals surface area (Å²) in [4.78, 5) is 0.363. The smallest absolute Gasteiger partial charge is 0.180 e. The van der Waals surface area contributed by atoms with Crippen LogP contribution in [-0.2, 0) is 16.4 Å². The summed E-state index contributed by atoms with van der Waals surface area (Å²) >= 11 is 0. The fraction of sp³-hybridized carbons (Fsp3) is 0.182. The highest BCUT2D eigenvalue weighted by atomic mass is 32.2. The van der Waals surface area contributed by atoms with Crippen molar-refractivity contribution in [2.24, 2.45) is 0 Å². The summed E-state index contributed by atoms with van der Waals surface area (Å²) in [6, 6.07) is 10.2. The standard InChI is InChI=1S/C11H12N2O2S/c14-16(15,11-5-2-1-3-6-11)10-9-13-8-4-7-12-13/h1-8H,9-10H2. The Morgan fingerprint density at radius 3 is 2.50 bits per heavy atom. The molecule has 0 aliphatic rings. The Kier molecular flexibility index (Phi) is 3.05. The largest absolute Gasteiger partial charge is 0.272 e. The van der Waals surface area contributed by atoms with Crippen molar-refractivity contribution in [2.75, 3.05) is 5.75 Å². The van der Waals surface area contributed by atoms with Crippen LogP contribution in [0.15, 0.2) is 53.7 Å². The van der Waals surface area contributed by atoms with Crippen LogP contribution in [0.2, 0.25) is 0 Å². The van der Waals surface area contributed by atoms with Gasteiger partial charge >= 0.3 is 0 Å². The van der Waals surface area contributed by atoms with Crippen molar-refractivity contribution in [3.63, 3.8) is 0 Å². The first-order valence-electron chi connectivity index (χ1n) is 4.94. The zero-order chi connectivity index (χ0) is 11.4. The molecule has 2 rings (SSSR count). The Balaban J connectivity index is 2.10. The highest BCUT2D eigenvalue weighted by Gasteiger charge is 2.13. The molecule has 0 saturated heterocycles. The van der Waals surface area contributed by atoms with Crippen molar-refractivity contribution in [2.45, 2.75) is 11.4 Å². The summed E-state index contributed by atoms with van der Waals surface area (Å²) in [7, 11) is -3.20. The zero-order valence-electron chi connectivity index (χ0n) is 8.65. The predicted molar refractivity (Wildman–Crippen MR) is 60.7 cm³/mol. The van der Waals surface area contributed by atoms with E-state index in [-0.39, 0.29) is 5.75 Å². The van der Waals surface area contributed by atoms with E-state index in [0.717, 1.165) is 0 Å². The molecule has 0 amide bonds. The first-order chi connectivity index (χ1) is 7.68. The van der Waals surface area contributed by atoms with Gasteiger partial charge in [0.15, 0.2) is 9.84 Å². The summed E-state index contributed by atoms with van der Waals surface area (Å²) < 4.78 is 25.4. The Bertz CT molecular complexity index is 533. The lowest BCUT2D eigenvalue weighted by Crippen LogP contribution is -2.13. The van der Waals surface area contributed by atoms with Gasteiger partial charge in [-0.3, -0.25) is 4.68 Å². The first kappa shape index (κ1) is 10.9. The lowest BCUT2D eigenvalue weighted by Gasteiger charge is -2.04. The SMILES string of the molecule is O=S(=O)(CCn1cccn1)c1ccccc1. The molecule has 0 aliphatic carbocycles. The quantitative estimate of drug-likeness (QED) is 0.805. The molecule has 0 fully saturated rings. The fourth-order valence-electron chi connectivity index (χ4n) is 1.39. The number of sulfone groups is 1. The molecule has 84 valence electrons. The van der Waals surface area contributed by atoms with Crippen molar-refractivity contribution in [1.29, 1.82) is 0 Å². The molecule has 0 saturated carbocycles. The maximum absolute atomic E-state index is 11.9.